The first-order chi connectivity index (χ1) is 14.1. The van der Waals surface area contributed by atoms with Crippen LogP contribution in [0.1, 0.15) is 5.56 Å². The van der Waals surface area contributed by atoms with E-state index in [2.05, 4.69) is 26.1 Å². The summed E-state index contributed by atoms with van der Waals surface area (Å²) in [6.07, 6.45) is 5.24. The molecule has 2 aromatic carbocycles. The first kappa shape index (κ1) is 18.2. The van der Waals surface area contributed by atoms with E-state index in [1.165, 1.54) is 0 Å². The fourth-order valence-electron chi connectivity index (χ4n) is 3.07. The maximum absolute atomic E-state index is 12.2. The van der Waals surface area contributed by atoms with Gasteiger partial charge in [-0.2, -0.15) is 0 Å². The number of hydrogen-bond acceptors (Lipinski definition) is 5. The highest BCUT2D eigenvalue weighted by atomic mass is 16.2. The lowest BCUT2D eigenvalue weighted by Crippen LogP contribution is -2.33. The predicted octanol–water partition coefficient (Wildman–Crippen LogP) is 4.34. The van der Waals surface area contributed by atoms with Gasteiger partial charge in [0.15, 0.2) is 0 Å². The van der Waals surface area contributed by atoms with Gasteiger partial charge in [-0.1, -0.05) is 18.2 Å². The standard InChI is InChI=1S/C22H20N6O/c1-14-7-8-24-12-18(14)15-9-16-11-21(25-13-19(16)20(23)10-15)26-22(29)28-27-17-5-3-2-4-6-17/h2-13,27H,23H2,1H3,(H2,25,26,28,29). The van der Waals surface area contributed by atoms with Crippen LogP contribution in [0.15, 0.2) is 73.2 Å². The second kappa shape index (κ2) is 7.85. The van der Waals surface area contributed by atoms with E-state index in [4.69, 9.17) is 5.73 Å². The van der Waals surface area contributed by atoms with Gasteiger partial charge in [-0.05, 0) is 59.8 Å². The lowest BCUT2D eigenvalue weighted by atomic mass is 9.99. The van der Waals surface area contributed by atoms with Crippen LogP contribution in [0.4, 0.5) is 22.0 Å². The Hall–Kier alpha value is -4.13. The summed E-state index contributed by atoms with van der Waals surface area (Å²) in [6.45, 7) is 2.03. The number of nitrogens with two attached hydrogens (primary N) is 1. The largest absolute Gasteiger partial charge is 0.398 e. The van der Waals surface area contributed by atoms with Crippen molar-refractivity contribution in [1.82, 2.24) is 15.4 Å². The minimum Gasteiger partial charge on any atom is -0.398 e. The first-order valence-corrected chi connectivity index (χ1v) is 9.08. The zero-order valence-electron chi connectivity index (χ0n) is 15.8. The number of hydrogen-bond donors (Lipinski definition) is 4. The molecule has 0 atom stereocenters. The van der Waals surface area contributed by atoms with Gasteiger partial charge in [-0.15, -0.1) is 0 Å². The quantitative estimate of drug-likeness (QED) is 0.309. The number of nitrogens with zero attached hydrogens (tertiary/aromatic N) is 2. The van der Waals surface area contributed by atoms with Crippen LogP contribution in [0.5, 0.6) is 0 Å². The third-order valence-corrected chi connectivity index (χ3v) is 4.55. The van der Waals surface area contributed by atoms with E-state index in [1.807, 2.05) is 61.7 Å². The number of pyridine rings is 2. The molecule has 2 aromatic heterocycles. The number of rotatable bonds is 4. The predicted molar refractivity (Wildman–Crippen MR) is 116 cm³/mol. The number of aryl methyl sites for hydroxylation is 1. The number of urea groups is 1. The average molecular weight is 384 g/mol. The molecular formula is C22H20N6O. The minimum atomic E-state index is -0.423. The summed E-state index contributed by atoms with van der Waals surface area (Å²) >= 11 is 0. The van der Waals surface area contributed by atoms with Crippen molar-refractivity contribution in [3.8, 4) is 11.1 Å². The number of para-hydroxylation sites is 1. The number of benzene rings is 2. The molecule has 29 heavy (non-hydrogen) atoms. The van der Waals surface area contributed by atoms with E-state index in [1.54, 1.807) is 18.5 Å². The number of fused-ring (bicyclic) bond motifs is 1. The SMILES string of the molecule is Cc1ccncc1-c1cc(N)c2cnc(NC(=O)NNc3ccccc3)cc2c1. The Balaban J connectivity index is 1.56. The average Bonchev–Trinajstić information content (AvgIpc) is 2.73. The smallest absolute Gasteiger partial charge is 0.339 e. The molecule has 0 unspecified atom stereocenters. The number of carbonyl (C=O) groups is 1. The summed E-state index contributed by atoms with van der Waals surface area (Å²) in [6, 6.07) is 16.6. The molecule has 5 N–H and O–H groups in total. The summed E-state index contributed by atoms with van der Waals surface area (Å²) in [7, 11) is 0. The van der Waals surface area contributed by atoms with Gasteiger partial charge in [-0.25, -0.2) is 9.78 Å². The van der Waals surface area contributed by atoms with Gasteiger partial charge < -0.3 is 5.73 Å². The Labute approximate surface area is 168 Å². The van der Waals surface area contributed by atoms with Crippen LogP contribution >= 0.6 is 0 Å². The normalized spacial score (nSPS) is 10.5. The zero-order chi connectivity index (χ0) is 20.2. The van der Waals surface area contributed by atoms with Gasteiger partial charge in [0.2, 0.25) is 0 Å². The monoisotopic (exact) mass is 384 g/mol. The van der Waals surface area contributed by atoms with Crippen LogP contribution in [0.25, 0.3) is 21.9 Å². The third-order valence-electron chi connectivity index (χ3n) is 4.55. The lowest BCUT2D eigenvalue weighted by molar-refractivity contribution is 0.253. The van der Waals surface area contributed by atoms with Gasteiger partial charge in [0, 0.05) is 35.2 Å². The van der Waals surface area contributed by atoms with Gasteiger partial charge in [0.1, 0.15) is 5.82 Å². The van der Waals surface area contributed by atoms with Crippen LogP contribution in [-0.2, 0) is 0 Å². The summed E-state index contributed by atoms with van der Waals surface area (Å²) in [5.41, 5.74) is 16.1. The van der Waals surface area contributed by atoms with E-state index < -0.39 is 6.03 Å². The van der Waals surface area contributed by atoms with Gasteiger partial charge in [-0.3, -0.25) is 21.2 Å². The highest BCUT2D eigenvalue weighted by Crippen LogP contribution is 2.31. The number of carbonyl (C=O) groups excluding carboxylic acids is 1. The molecule has 4 aromatic rings. The Bertz CT molecular complexity index is 1180. The highest BCUT2D eigenvalue weighted by Gasteiger charge is 2.09. The van der Waals surface area contributed by atoms with Crippen LogP contribution in [0.3, 0.4) is 0 Å². The van der Waals surface area contributed by atoms with Crippen LogP contribution in [0, 0.1) is 6.92 Å². The second-order valence-electron chi connectivity index (χ2n) is 6.62. The summed E-state index contributed by atoms with van der Waals surface area (Å²) in [5.74, 6) is 0.421. The molecule has 4 rings (SSSR count). The molecule has 144 valence electrons. The Kier molecular flexibility index (Phi) is 4.94. The fourth-order valence-corrected chi connectivity index (χ4v) is 3.07. The zero-order valence-corrected chi connectivity index (χ0v) is 15.8. The second-order valence-corrected chi connectivity index (χ2v) is 6.62. The molecule has 0 saturated heterocycles. The van der Waals surface area contributed by atoms with Crippen molar-refractivity contribution in [1.29, 1.82) is 0 Å². The summed E-state index contributed by atoms with van der Waals surface area (Å²) < 4.78 is 0. The molecule has 0 aliphatic carbocycles. The van der Waals surface area contributed by atoms with Crippen molar-refractivity contribution in [3.63, 3.8) is 0 Å². The van der Waals surface area contributed by atoms with E-state index >= 15 is 0 Å². The molecule has 0 saturated carbocycles. The lowest BCUT2D eigenvalue weighted by Gasteiger charge is -2.12. The number of nitrogens with one attached hydrogen (secondary N) is 3. The molecule has 0 aliphatic rings. The van der Waals surface area contributed by atoms with E-state index in [9.17, 15) is 4.79 Å². The topological polar surface area (TPSA) is 105 Å². The van der Waals surface area contributed by atoms with Crippen molar-refractivity contribution in [2.75, 3.05) is 16.5 Å². The maximum Gasteiger partial charge on any atom is 0.339 e. The minimum absolute atomic E-state index is 0.421. The van der Waals surface area contributed by atoms with Crippen LogP contribution in [-0.4, -0.2) is 16.0 Å². The van der Waals surface area contributed by atoms with Gasteiger partial charge in [0.05, 0.1) is 5.69 Å². The Morgan fingerprint density at radius 1 is 1.03 bits per heavy atom. The number of hydrazine groups is 1. The molecule has 0 fully saturated rings. The van der Waals surface area contributed by atoms with Crippen molar-refractivity contribution in [2.24, 2.45) is 0 Å². The molecule has 0 bridgehead atoms. The first-order valence-electron chi connectivity index (χ1n) is 9.08. The van der Waals surface area contributed by atoms with E-state index in [0.29, 0.717) is 11.5 Å². The van der Waals surface area contributed by atoms with Crippen LogP contribution in [0.2, 0.25) is 0 Å². The number of nitrogen functional groups attached to an aromatic ring is 1. The maximum atomic E-state index is 12.2. The third kappa shape index (κ3) is 4.08. The van der Waals surface area contributed by atoms with E-state index in [-0.39, 0.29) is 0 Å². The number of aromatic nitrogens is 2. The van der Waals surface area contributed by atoms with Crippen molar-refractivity contribution in [2.45, 2.75) is 6.92 Å². The molecular weight excluding hydrogens is 364 g/mol. The summed E-state index contributed by atoms with van der Waals surface area (Å²) in [4.78, 5) is 20.7. The summed E-state index contributed by atoms with van der Waals surface area (Å²) in [5, 5.41) is 4.42. The molecule has 7 heteroatoms. The number of anilines is 3. The Morgan fingerprint density at radius 2 is 1.86 bits per heavy atom. The molecule has 7 nitrogen and oxygen atoms in total. The van der Waals surface area contributed by atoms with Crippen LogP contribution < -0.4 is 21.9 Å². The fraction of sp³-hybridized carbons (Fsp3) is 0.0455. The van der Waals surface area contributed by atoms with Gasteiger partial charge in [0.25, 0.3) is 0 Å². The molecule has 0 spiro atoms. The van der Waals surface area contributed by atoms with Crippen molar-refractivity contribution >= 4 is 34.0 Å². The highest BCUT2D eigenvalue weighted by molar-refractivity contribution is 5.99. The molecule has 2 amide bonds. The molecule has 0 aliphatic heterocycles. The van der Waals surface area contributed by atoms with E-state index in [0.717, 1.165) is 33.2 Å². The van der Waals surface area contributed by atoms with Crippen molar-refractivity contribution in [3.05, 3.63) is 78.8 Å². The Morgan fingerprint density at radius 3 is 2.66 bits per heavy atom. The molecule has 0 radical (unpaired) electrons. The van der Waals surface area contributed by atoms with Gasteiger partial charge >= 0.3 is 6.03 Å². The number of amides is 2. The van der Waals surface area contributed by atoms with Crippen molar-refractivity contribution < 1.29 is 4.79 Å². The molecule has 2 heterocycles.